The van der Waals surface area contributed by atoms with Gasteiger partial charge in [-0.1, -0.05) is 59.5 Å². The van der Waals surface area contributed by atoms with Crippen molar-refractivity contribution in [1.82, 2.24) is 0 Å². The van der Waals surface area contributed by atoms with Crippen LogP contribution in [0.1, 0.15) is 54.0 Å². The standard InChI is InChI=1S/C14H16BrF3/c15-13(14(16,17)18)12-8-6-11(7-9-12)10-4-2-1-3-5-10/h6-10,13H,1-5H2. The number of rotatable bonds is 2. The molecule has 1 fully saturated rings. The molecule has 0 aromatic heterocycles. The molecule has 1 saturated carbocycles. The van der Waals surface area contributed by atoms with Crippen LogP contribution in [0.4, 0.5) is 13.2 Å². The number of hydrogen-bond acceptors (Lipinski definition) is 0. The van der Waals surface area contributed by atoms with E-state index in [4.69, 9.17) is 0 Å². The molecule has 1 aromatic carbocycles. The molecular weight excluding hydrogens is 305 g/mol. The first-order valence-electron chi connectivity index (χ1n) is 6.29. The molecule has 1 aromatic rings. The second-order valence-corrected chi connectivity index (χ2v) is 5.82. The van der Waals surface area contributed by atoms with Crippen molar-refractivity contribution in [3.63, 3.8) is 0 Å². The molecule has 100 valence electrons. The van der Waals surface area contributed by atoms with Crippen LogP contribution in [0, 0.1) is 0 Å². The van der Waals surface area contributed by atoms with Crippen molar-refractivity contribution in [2.24, 2.45) is 0 Å². The molecule has 0 saturated heterocycles. The highest BCUT2D eigenvalue weighted by atomic mass is 79.9. The fourth-order valence-corrected chi connectivity index (χ4v) is 2.87. The Morgan fingerprint density at radius 1 is 1.00 bits per heavy atom. The SMILES string of the molecule is FC(F)(F)C(Br)c1ccc(C2CCCCC2)cc1. The van der Waals surface area contributed by atoms with Crippen LogP contribution < -0.4 is 0 Å². The van der Waals surface area contributed by atoms with Gasteiger partial charge >= 0.3 is 6.18 Å². The van der Waals surface area contributed by atoms with Gasteiger partial charge in [0.05, 0.1) is 0 Å². The predicted molar refractivity (Wildman–Crippen MR) is 70.0 cm³/mol. The lowest BCUT2D eigenvalue weighted by Gasteiger charge is -2.22. The molecule has 18 heavy (non-hydrogen) atoms. The average molecular weight is 321 g/mol. The summed E-state index contributed by atoms with van der Waals surface area (Å²) in [5, 5.41) is 0. The summed E-state index contributed by atoms with van der Waals surface area (Å²) in [5.74, 6) is 0.535. The van der Waals surface area contributed by atoms with Crippen molar-refractivity contribution in [2.75, 3.05) is 0 Å². The third kappa shape index (κ3) is 3.28. The lowest BCUT2D eigenvalue weighted by atomic mass is 9.84. The van der Waals surface area contributed by atoms with Gasteiger partial charge in [0.1, 0.15) is 4.83 Å². The Labute approximate surface area is 114 Å². The van der Waals surface area contributed by atoms with Crippen molar-refractivity contribution in [1.29, 1.82) is 0 Å². The van der Waals surface area contributed by atoms with Crippen LogP contribution in [0.15, 0.2) is 24.3 Å². The quantitative estimate of drug-likeness (QED) is 0.610. The van der Waals surface area contributed by atoms with Gasteiger partial charge < -0.3 is 0 Å². The number of hydrogen-bond donors (Lipinski definition) is 0. The van der Waals surface area contributed by atoms with Gasteiger partial charge in [-0.2, -0.15) is 13.2 Å². The van der Waals surface area contributed by atoms with Crippen molar-refractivity contribution >= 4 is 15.9 Å². The lowest BCUT2D eigenvalue weighted by molar-refractivity contribution is -0.128. The van der Waals surface area contributed by atoms with Crippen LogP contribution in [0.25, 0.3) is 0 Å². The van der Waals surface area contributed by atoms with E-state index in [2.05, 4.69) is 15.9 Å². The third-order valence-electron chi connectivity index (χ3n) is 3.59. The molecule has 2 rings (SSSR count). The minimum atomic E-state index is -4.23. The van der Waals surface area contributed by atoms with E-state index in [0.717, 1.165) is 12.8 Å². The van der Waals surface area contributed by atoms with Gasteiger partial charge in [0.25, 0.3) is 0 Å². The Morgan fingerprint density at radius 3 is 2.06 bits per heavy atom. The second-order valence-electron chi connectivity index (χ2n) is 4.91. The summed E-state index contributed by atoms with van der Waals surface area (Å²) in [4.78, 5) is -1.56. The molecule has 1 atom stereocenters. The van der Waals surface area contributed by atoms with Crippen molar-refractivity contribution < 1.29 is 13.2 Å². The van der Waals surface area contributed by atoms with E-state index in [-0.39, 0.29) is 5.56 Å². The molecular formula is C14H16BrF3. The summed E-state index contributed by atoms with van der Waals surface area (Å²) >= 11 is 2.70. The van der Waals surface area contributed by atoms with Crippen molar-refractivity contribution in [3.05, 3.63) is 35.4 Å². The molecule has 0 N–H and O–H groups in total. The van der Waals surface area contributed by atoms with E-state index >= 15 is 0 Å². The van der Waals surface area contributed by atoms with Crippen LogP contribution in [-0.2, 0) is 0 Å². The first-order valence-corrected chi connectivity index (χ1v) is 7.20. The summed E-state index contributed by atoms with van der Waals surface area (Å²) < 4.78 is 37.6. The van der Waals surface area contributed by atoms with Gasteiger partial charge in [-0.3, -0.25) is 0 Å². The monoisotopic (exact) mass is 320 g/mol. The molecule has 0 nitrogen and oxygen atoms in total. The molecule has 1 aliphatic rings. The van der Waals surface area contributed by atoms with E-state index in [1.54, 1.807) is 12.1 Å². The zero-order valence-electron chi connectivity index (χ0n) is 10.0. The molecule has 0 bridgehead atoms. The van der Waals surface area contributed by atoms with E-state index in [1.165, 1.54) is 24.8 Å². The highest BCUT2D eigenvalue weighted by Crippen LogP contribution is 2.40. The molecule has 0 radical (unpaired) electrons. The first-order chi connectivity index (χ1) is 8.48. The minimum absolute atomic E-state index is 0.280. The van der Waals surface area contributed by atoms with Gasteiger partial charge in [0, 0.05) is 0 Å². The summed E-state index contributed by atoms with van der Waals surface area (Å²) in [7, 11) is 0. The van der Waals surface area contributed by atoms with E-state index in [0.29, 0.717) is 5.92 Å². The van der Waals surface area contributed by atoms with Crippen LogP contribution in [0.3, 0.4) is 0 Å². The predicted octanol–water partition coefficient (Wildman–Crippen LogP) is 5.73. The van der Waals surface area contributed by atoms with Gasteiger partial charge in [0.2, 0.25) is 0 Å². The normalized spacial score (nSPS) is 19.8. The Hall–Kier alpha value is -0.510. The maximum absolute atomic E-state index is 12.5. The fraction of sp³-hybridized carbons (Fsp3) is 0.571. The third-order valence-corrected chi connectivity index (χ3v) is 4.64. The molecule has 0 spiro atoms. The Morgan fingerprint density at radius 2 is 1.56 bits per heavy atom. The van der Waals surface area contributed by atoms with Crippen LogP contribution in [0.5, 0.6) is 0 Å². The molecule has 0 amide bonds. The summed E-state index contributed by atoms with van der Waals surface area (Å²) in [6.45, 7) is 0. The van der Waals surface area contributed by atoms with Gasteiger partial charge in [-0.15, -0.1) is 0 Å². The van der Waals surface area contributed by atoms with Crippen LogP contribution in [0.2, 0.25) is 0 Å². The zero-order chi connectivity index (χ0) is 13.2. The number of alkyl halides is 4. The topological polar surface area (TPSA) is 0 Å². The summed E-state index contributed by atoms with van der Waals surface area (Å²) in [6, 6.07) is 6.89. The van der Waals surface area contributed by atoms with Crippen molar-refractivity contribution in [3.8, 4) is 0 Å². The lowest BCUT2D eigenvalue weighted by Crippen LogP contribution is -2.15. The summed E-state index contributed by atoms with van der Waals surface area (Å²) in [6.07, 6.45) is 1.84. The molecule has 0 heterocycles. The smallest absolute Gasteiger partial charge is 0.169 e. The maximum Gasteiger partial charge on any atom is 0.405 e. The van der Waals surface area contributed by atoms with Gasteiger partial charge in [-0.25, -0.2) is 0 Å². The molecule has 1 aliphatic carbocycles. The largest absolute Gasteiger partial charge is 0.405 e. The summed E-state index contributed by atoms with van der Waals surface area (Å²) in [5.41, 5.74) is 1.46. The maximum atomic E-state index is 12.5. The first kappa shape index (κ1) is 13.9. The van der Waals surface area contributed by atoms with E-state index in [1.807, 2.05) is 12.1 Å². The number of halogens is 4. The Bertz CT molecular complexity index is 377. The van der Waals surface area contributed by atoms with Crippen LogP contribution >= 0.6 is 15.9 Å². The van der Waals surface area contributed by atoms with Crippen LogP contribution in [-0.4, -0.2) is 6.18 Å². The minimum Gasteiger partial charge on any atom is -0.169 e. The highest BCUT2D eigenvalue weighted by Gasteiger charge is 2.38. The van der Waals surface area contributed by atoms with Gasteiger partial charge in [0.15, 0.2) is 0 Å². The van der Waals surface area contributed by atoms with Gasteiger partial charge in [-0.05, 0) is 29.9 Å². The Kier molecular flexibility index (Phi) is 4.36. The highest BCUT2D eigenvalue weighted by molar-refractivity contribution is 9.09. The van der Waals surface area contributed by atoms with E-state index in [9.17, 15) is 13.2 Å². The van der Waals surface area contributed by atoms with E-state index < -0.39 is 11.0 Å². The molecule has 1 unspecified atom stereocenters. The average Bonchev–Trinajstić information content (AvgIpc) is 2.38. The molecule has 0 aliphatic heterocycles. The molecule has 4 heteroatoms. The Balaban J connectivity index is 2.09. The zero-order valence-corrected chi connectivity index (χ0v) is 11.6. The van der Waals surface area contributed by atoms with Crippen molar-refractivity contribution in [2.45, 2.75) is 49.0 Å². The number of benzene rings is 1. The fourth-order valence-electron chi connectivity index (χ4n) is 2.56. The second kappa shape index (κ2) is 5.64.